The van der Waals surface area contributed by atoms with Crippen molar-refractivity contribution in [1.29, 1.82) is 0 Å². The lowest BCUT2D eigenvalue weighted by Gasteiger charge is -1.98. The molecule has 74 valence electrons. The molecule has 0 atom stereocenters. The molecule has 0 saturated heterocycles. The van der Waals surface area contributed by atoms with E-state index in [0.29, 0.717) is 6.54 Å². The highest BCUT2D eigenvalue weighted by atomic mass is 79.9. The highest BCUT2D eigenvalue weighted by Gasteiger charge is 2.01. The molecule has 0 saturated carbocycles. The first-order valence-corrected chi connectivity index (χ1v) is 5.07. The molecular weight excluding hydrogens is 246 g/mol. The van der Waals surface area contributed by atoms with Crippen molar-refractivity contribution in [2.24, 2.45) is 0 Å². The molecule has 4 heteroatoms. The Labute approximate surface area is 90.1 Å². The van der Waals surface area contributed by atoms with Crippen molar-refractivity contribution in [2.45, 2.75) is 13.2 Å². The van der Waals surface area contributed by atoms with E-state index in [9.17, 15) is 0 Å². The lowest BCUT2D eigenvalue weighted by molar-refractivity contribution is 0.281. The summed E-state index contributed by atoms with van der Waals surface area (Å²) in [5.74, 6) is 0.886. The van der Waals surface area contributed by atoms with Gasteiger partial charge < -0.3 is 14.1 Å². The van der Waals surface area contributed by atoms with Gasteiger partial charge in [0.1, 0.15) is 5.76 Å². The van der Waals surface area contributed by atoms with Crippen LogP contribution in [0.4, 0.5) is 0 Å². The van der Waals surface area contributed by atoms with Gasteiger partial charge in [0.05, 0.1) is 13.2 Å². The topological polar surface area (TPSA) is 38.3 Å². The molecule has 0 aliphatic rings. The van der Waals surface area contributed by atoms with Crippen LogP contribution in [0.3, 0.4) is 0 Å². The molecule has 0 fully saturated rings. The van der Waals surface area contributed by atoms with Gasteiger partial charge in [-0.1, -0.05) is 0 Å². The highest BCUT2D eigenvalue weighted by molar-refractivity contribution is 9.10. The van der Waals surface area contributed by atoms with Crippen molar-refractivity contribution in [3.8, 4) is 0 Å². The molecule has 2 heterocycles. The van der Waals surface area contributed by atoms with Crippen LogP contribution < -0.4 is 0 Å². The summed E-state index contributed by atoms with van der Waals surface area (Å²) in [7, 11) is 0. The van der Waals surface area contributed by atoms with Crippen LogP contribution in [-0.2, 0) is 13.2 Å². The van der Waals surface area contributed by atoms with E-state index in [0.717, 1.165) is 16.0 Å². The molecule has 0 unspecified atom stereocenters. The summed E-state index contributed by atoms with van der Waals surface area (Å²) in [6, 6.07) is 5.67. The normalized spacial score (nSPS) is 10.7. The molecular formula is C10H10BrNO2. The second-order valence-corrected chi connectivity index (χ2v) is 3.84. The molecule has 3 nitrogen and oxygen atoms in total. The maximum absolute atomic E-state index is 8.88. The molecule has 0 radical (unpaired) electrons. The third kappa shape index (κ3) is 2.08. The molecule has 2 rings (SSSR count). The zero-order valence-corrected chi connectivity index (χ0v) is 9.07. The van der Waals surface area contributed by atoms with Crippen molar-refractivity contribution in [2.75, 3.05) is 0 Å². The molecule has 0 aliphatic heterocycles. The summed E-state index contributed by atoms with van der Waals surface area (Å²) in [5.41, 5.74) is 0.913. The van der Waals surface area contributed by atoms with Gasteiger partial charge in [-0.25, -0.2) is 0 Å². The van der Waals surface area contributed by atoms with E-state index in [1.165, 1.54) is 0 Å². The molecule has 2 aromatic heterocycles. The Morgan fingerprint density at radius 3 is 2.79 bits per heavy atom. The van der Waals surface area contributed by atoms with Gasteiger partial charge in [-0.15, -0.1) is 0 Å². The summed E-state index contributed by atoms with van der Waals surface area (Å²) in [5, 5.41) is 8.88. The van der Waals surface area contributed by atoms with Crippen LogP contribution in [0, 0.1) is 0 Å². The molecule has 0 aliphatic carbocycles. The third-order valence-electron chi connectivity index (χ3n) is 1.96. The summed E-state index contributed by atoms with van der Waals surface area (Å²) >= 11 is 3.25. The van der Waals surface area contributed by atoms with E-state index in [4.69, 9.17) is 9.52 Å². The number of aliphatic hydroxyl groups excluding tert-OH is 1. The average molecular weight is 256 g/mol. The van der Waals surface area contributed by atoms with Crippen LogP contribution >= 0.6 is 15.9 Å². The fourth-order valence-electron chi connectivity index (χ4n) is 1.30. The zero-order valence-electron chi connectivity index (χ0n) is 7.48. The fourth-order valence-corrected chi connectivity index (χ4v) is 1.64. The largest absolute Gasteiger partial charge is 0.452 e. The number of rotatable bonds is 3. The standard InChI is InChI=1S/C10H10BrNO2/c11-10-2-1-9(14-10)6-12-4-3-8(5-12)7-13/h1-5,13H,6-7H2. The van der Waals surface area contributed by atoms with Gasteiger partial charge in [-0.2, -0.15) is 0 Å². The van der Waals surface area contributed by atoms with Gasteiger partial charge in [0, 0.05) is 12.4 Å². The van der Waals surface area contributed by atoms with Crippen molar-refractivity contribution in [3.63, 3.8) is 0 Å². The van der Waals surface area contributed by atoms with Crippen molar-refractivity contribution < 1.29 is 9.52 Å². The SMILES string of the molecule is OCc1ccn(Cc2ccc(Br)o2)c1. The first-order chi connectivity index (χ1) is 6.78. The predicted octanol–water partition coefficient (Wildman–Crippen LogP) is 2.38. The van der Waals surface area contributed by atoms with Crippen LogP contribution in [-0.4, -0.2) is 9.67 Å². The predicted molar refractivity (Wildman–Crippen MR) is 55.9 cm³/mol. The monoisotopic (exact) mass is 255 g/mol. The minimum Gasteiger partial charge on any atom is -0.452 e. The van der Waals surface area contributed by atoms with E-state index < -0.39 is 0 Å². The number of furan rings is 1. The van der Waals surface area contributed by atoms with Gasteiger partial charge in [0.25, 0.3) is 0 Å². The Bertz CT molecular complexity index is 419. The van der Waals surface area contributed by atoms with Crippen LogP contribution in [0.15, 0.2) is 39.7 Å². The van der Waals surface area contributed by atoms with E-state index in [-0.39, 0.29) is 6.61 Å². The van der Waals surface area contributed by atoms with E-state index >= 15 is 0 Å². The second kappa shape index (κ2) is 4.02. The van der Waals surface area contributed by atoms with Crippen molar-refractivity contribution in [1.82, 2.24) is 4.57 Å². The first kappa shape index (κ1) is 9.55. The minimum atomic E-state index is 0.0782. The molecule has 0 spiro atoms. The average Bonchev–Trinajstić information content (AvgIpc) is 2.76. The Morgan fingerprint density at radius 2 is 2.21 bits per heavy atom. The molecule has 0 aromatic carbocycles. The Morgan fingerprint density at radius 1 is 1.36 bits per heavy atom. The number of halogens is 1. The Kier molecular flexibility index (Phi) is 2.74. The minimum absolute atomic E-state index is 0.0782. The second-order valence-electron chi connectivity index (χ2n) is 3.06. The Balaban J connectivity index is 2.10. The molecule has 0 bridgehead atoms. The molecule has 2 aromatic rings. The third-order valence-corrected chi connectivity index (χ3v) is 2.39. The van der Waals surface area contributed by atoms with Crippen molar-refractivity contribution >= 4 is 15.9 Å². The van der Waals surface area contributed by atoms with Crippen LogP contribution in [0.5, 0.6) is 0 Å². The molecule has 14 heavy (non-hydrogen) atoms. The maximum atomic E-state index is 8.88. The van der Waals surface area contributed by atoms with Crippen LogP contribution in [0.25, 0.3) is 0 Å². The van der Waals surface area contributed by atoms with Gasteiger partial charge >= 0.3 is 0 Å². The zero-order chi connectivity index (χ0) is 9.97. The summed E-state index contributed by atoms with van der Waals surface area (Å²) < 4.78 is 8.07. The van der Waals surface area contributed by atoms with Gasteiger partial charge in [-0.3, -0.25) is 0 Å². The quantitative estimate of drug-likeness (QED) is 0.915. The molecule has 0 amide bonds. The van der Waals surface area contributed by atoms with Crippen LogP contribution in [0.1, 0.15) is 11.3 Å². The van der Waals surface area contributed by atoms with Crippen LogP contribution in [0.2, 0.25) is 0 Å². The Hall–Kier alpha value is -1.000. The number of aromatic nitrogens is 1. The smallest absolute Gasteiger partial charge is 0.169 e. The summed E-state index contributed by atoms with van der Waals surface area (Å²) in [6.45, 7) is 0.764. The van der Waals surface area contributed by atoms with E-state index in [2.05, 4.69) is 15.9 Å². The first-order valence-electron chi connectivity index (χ1n) is 4.27. The summed E-state index contributed by atoms with van der Waals surface area (Å²) in [6.07, 6.45) is 3.82. The van der Waals surface area contributed by atoms with Crippen molar-refractivity contribution in [3.05, 3.63) is 46.6 Å². The molecule has 1 N–H and O–H groups in total. The summed E-state index contributed by atoms with van der Waals surface area (Å²) in [4.78, 5) is 0. The lowest BCUT2D eigenvalue weighted by atomic mass is 10.4. The highest BCUT2D eigenvalue weighted by Crippen LogP contribution is 2.15. The van der Waals surface area contributed by atoms with Gasteiger partial charge in [0.2, 0.25) is 0 Å². The van der Waals surface area contributed by atoms with E-state index in [1.54, 1.807) is 0 Å². The maximum Gasteiger partial charge on any atom is 0.169 e. The van der Waals surface area contributed by atoms with Gasteiger partial charge in [-0.05, 0) is 39.7 Å². The van der Waals surface area contributed by atoms with E-state index in [1.807, 2.05) is 35.2 Å². The lowest BCUT2D eigenvalue weighted by Crippen LogP contribution is -1.94. The number of hydrogen-bond acceptors (Lipinski definition) is 2. The number of hydrogen-bond donors (Lipinski definition) is 1. The number of aliphatic hydroxyl groups is 1. The fraction of sp³-hybridized carbons (Fsp3) is 0.200. The van der Waals surface area contributed by atoms with Gasteiger partial charge in [0.15, 0.2) is 4.67 Å². The number of nitrogens with zero attached hydrogens (tertiary/aromatic N) is 1.